The molecule has 1 unspecified atom stereocenters. The zero-order valence-electron chi connectivity index (χ0n) is 81.1. The van der Waals surface area contributed by atoms with Crippen molar-refractivity contribution in [3.63, 3.8) is 0 Å². The fraction of sp³-hybridized carbons (Fsp3) is 0.640. The van der Waals surface area contributed by atoms with E-state index in [2.05, 4.69) is 265 Å². The third kappa shape index (κ3) is 28.5. The van der Waals surface area contributed by atoms with Gasteiger partial charge in [-0.3, -0.25) is 72.5 Å². The molecule has 26 heteroatoms. The molecule has 0 radical (unpaired) electrons. The Labute approximate surface area is 755 Å². The molecule has 1 aliphatic carbocycles. The van der Waals surface area contributed by atoms with Gasteiger partial charge in [0, 0.05) is 166 Å². The van der Waals surface area contributed by atoms with Gasteiger partial charge >= 0.3 is 0 Å². The number of carbonyl (C=O) groups excluding carboxylic acids is 4. The predicted molar refractivity (Wildman–Crippen MR) is 506 cm³/mol. The van der Waals surface area contributed by atoms with Crippen LogP contribution in [0.1, 0.15) is 329 Å². The summed E-state index contributed by atoms with van der Waals surface area (Å²) >= 11 is 0. The third-order valence-corrected chi connectivity index (χ3v) is 25.5. The Kier molecular flexibility index (Phi) is 37.2. The minimum atomic E-state index is -0.183. The summed E-state index contributed by atoms with van der Waals surface area (Å²) in [5, 5.41) is 18.4. The number of amides is 4. The Hall–Kier alpha value is -9.08. The van der Waals surface area contributed by atoms with Crippen molar-refractivity contribution in [1.82, 2.24) is 93.4 Å². The summed E-state index contributed by atoms with van der Waals surface area (Å²) in [6.07, 6.45) is 16.9. The summed E-state index contributed by atoms with van der Waals surface area (Å²) in [5.41, 5.74) is 18.9. The highest BCUT2D eigenvalue weighted by Crippen LogP contribution is 2.33. The largest absolute Gasteiger partial charge is 0.375 e. The second-order valence-corrected chi connectivity index (χ2v) is 38.6. The van der Waals surface area contributed by atoms with Crippen molar-refractivity contribution < 1.29 is 23.9 Å². The molecule has 4 amide bonds. The zero-order valence-corrected chi connectivity index (χ0v) is 81.1. The molecule has 0 bridgehead atoms. The van der Waals surface area contributed by atoms with E-state index in [1.807, 2.05) is 76.3 Å². The van der Waals surface area contributed by atoms with Crippen LogP contribution in [0.5, 0.6) is 0 Å². The molecule has 4 saturated heterocycles. The van der Waals surface area contributed by atoms with Crippen LogP contribution in [-0.2, 0) is 76.3 Å². The molecule has 690 valence electrons. The number of aromatic nitrogens is 12. The van der Waals surface area contributed by atoms with Crippen molar-refractivity contribution in [2.24, 2.45) is 0 Å². The molecule has 8 aliphatic heterocycles. The number of anilines is 2. The van der Waals surface area contributed by atoms with Crippen molar-refractivity contribution in [3.05, 3.63) is 177 Å². The molecule has 17 rings (SSSR count). The van der Waals surface area contributed by atoms with Crippen molar-refractivity contribution >= 4 is 35.0 Å². The van der Waals surface area contributed by atoms with E-state index in [0.29, 0.717) is 66.4 Å². The Bertz CT molecular complexity index is 4570. The SMILES string of the molecule is CC(=O)N1CCN(c2ccc(C(C)C)nc2)CC1.CC(=O)N1CCn2nc(C(C)C)cc2C1.CC(C)c1cc2n(n1)CCCOC2.CC(C)c1cc2n(n1)CCN(C(C)C)C2.CC(C)c1cc2n(n1)CCN(C1CC1)C2.CC(C)c1ccc(C2C(=O)N(C)CCN2C)cn1.CC(C)c1ccc(C2CCN(C)CC2)cn1.CC(C)c1ccc(N2CCCCC2=O)cn1. The minimum absolute atomic E-state index is 0.147. The van der Waals surface area contributed by atoms with Gasteiger partial charge in [0.2, 0.25) is 23.6 Å². The molecule has 26 nitrogen and oxygen atoms in total. The topological polar surface area (TPSA) is 230 Å². The van der Waals surface area contributed by atoms with Gasteiger partial charge in [0.25, 0.3) is 0 Å². The van der Waals surface area contributed by atoms with Gasteiger partial charge in [0.05, 0.1) is 102 Å². The second-order valence-electron chi connectivity index (χ2n) is 38.6. The van der Waals surface area contributed by atoms with Crippen molar-refractivity contribution in [1.29, 1.82) is 0 Å². The van der Waals surface area contributed by atoms with E-state index < -0.39 is 0 Å². The first-order valence-electron chi connectivity index (χ1n) is 47.5. The molecule has 5 fully saturated rings. The van der Waals surface area contributed by atoms with Crippen molar-refractivity contribution in [3.8, 4) is 0 Å². The van der Waals surface area contributed by atoms with Gasteiger partial charge < -0.3 is 34.1 Å². The number of hydrogen-bond acceptors (Lipinski definition) is 18. The number of pyridine rings is 4. The lowest BCUT2D eigenvalue weighted by Crippen LogP contribution is -2.49. The Morgan fingerprint density at radius 3 is 1.30 bits per heavy atom. The first-order valence-corrected chi connectivity index (χ1v) is 47.5. The highest BCUT2D eigenvalue weighted by atomic mass is 16.5. The lowest BCUT2D eigenvalue weighted by molar-refractivity contribution is -0.139. The van der Waals surface area contributed by atoms with Crippen LogP contribution in [-0.4, -0.2) is 235 Å². The lowest BCUT2D eigenvalue weighted by atomic mass is 9.90. The lowest BCUT2D eigenvalue weighted by Gasteiger charge is -2.36. The molecule has 0 N–H and O–H groups in total. The minimum Gasteiger partial charge on any atom is -0.375 e. The normalized spacial score (nSPS) is 18.3. The summed E-state index contributed by atoms with van der Waals surface area (Å²) < 4.78 is 13.9. The van der Waals surface area contributed by atoms with Crippen LogP contribution in [0, 0.1) is 0 Å². The van der Waals surface area contributed by atoms with E-state index in [0.717, 1.165) is 188 Å². The standard InChI is InChI=1S/2C14H21N3O.C14H22N2.C13H18N2O.C12H19N3.C12H21N3.C11H17N3O.C10H16N2O/c1-10(2)12-6-5-11(9-15-12)13-14(18)17(4)8-7-16(13)3;1-11(2)14-5-4-13(10-15-14)17-8-6-16(7-9-17)12(3)18;1-11(2)14-5-4-13(10-15-14)12-6-8-16(3)9-7-12;1-10(2)12-7-6-11(9-14-12)15-8-4-3-5-13(15)16;1-9(2)12-7-11-8-14(10-3-4-10)5-6-15(11)13-12;1-9(2)12-7-11-8-14(10(3)4)5-6-15(11)13-12;1-8(2)11-6-10-7-13(9(3)15)4-5-14(10)12-11;1-8(2)10-6-9-7-13-5-3-4-12(9)11-10/h5-6,9-10,13H,7-8H2,1-4H3;4-5,10-11H,6-9H2,1-3H3;4-5,10-12H,6-9H2,1-3H3;6-7,9-10H,3-5,8H2,1-2H3;7,9-10H,3-6,8H2,1-2H3;7,9-10H,5-6,8H2,1-4H3;6,8H,4-5,7H2,1-3H3;6,8H,3-5,7H2,1-2H3. The van der Waals surface area contributed by atoms with Gasteiger partial charge in [0.1, 0.15) is 6.04 Å². The Balaban J connectivity index is 0.000000150. The highest BCUT2D eigenvalue weighted by Gasteiger charge is 2.35. The number of likely N-dealkylation sites (tertiary alicyclic amines) is 1. The molecular weight excluding hydrogens is 1580 g/mol. The number of likely N-dealkylation sites (N-methyl/N-ethyl adjacent to an activating group) is 2. The van der Waals surface area contributed by atoms with E-state index in [-0.39, 0.29) is 29.7 Å². The number of carbonyl (C=O) groups is 4. The number of nitrogens with zero attached hydrogens (tertiary/aromatic N) is 21. The number of hydrogen-bond donors (Lipinski definition) is 0. The molecule has 9 aliphatic rings. The number of rotatable bonds is 14. The van der Waals surface area contributed by atoms with E-state index in [9.17, 15) is 19.2 Å². The maximum Gasteiger partial charge on any atom is 0.244 e. The quantitative estimate of drug-likeness (QED) is 0.0985. The monoisotopic (exact) mass is 1730 g/mol. The second kappa shape index (κ2) is 47.3. The van der Waals surface area contributed by atoms with Crippen LogP contribution in [0.4, 0.5) is 11.4 Å². The van der Waals surface area contributed by atoms with Gasteiger partial charge in [-0.1, -0.05) is 123 Å². The molecule has 0 aromatic carbocycles. The fourth-order valence-corrected chi connectivity index (χ4v) is 16.6. The van der Waals surface area contributed by atoms with E-state index in [1.165, 1.54) is 90.7 Å². The first kappa shape index (κ1) is 99.1. The fourth-order valence-electron chi connectivity index (χ4n) is 16.6. The summed E-state index contributed by atoms with van der Waals surface area (Å²) in [6, 6.07) is 26.9. The van der Waals surface area contributed by atoms with Crippen molar-refractivity contribution in [2.75, 3.05) is 116 Å². The zero-order chi connectivity index (χ0) is 91.2. The number of piperazine rings is 2. The molecule has 8 aromatic heterocycles. The number of piperidine rings is 2. The molecule has 1 saturated carbocycles. The average molecular weight is 1730 g/mol. The van der Waals surface area contributed by atoms with Crippen LogP contribution in [0.15, 0.2) is 97.6 Å². The number of aryl methyl sites for hydroxylation is 1. The van der Waals surface area contributed by atoms with E-state index in [1.54, 1.807) is 18.7 Å². The molecule has 8 aromatic rings. The Morgan fingerprint density at radius 1 is 0.397 bits per heavy atom. The highest BCUT2D eigenvalue weighted by molar-refractivity contribution is 5.93. The van der Waals surface area contributed by atoms with Gasteiger partial charge in [-0.05, 0) is 211 Å². The average Bonchev–Trinajstić information content (AvgIpc) is 1.70. The van der Waals surface area contributed by atoms with E-state index >= 15 is 0 Å². The van der Waals surface area contributed by atoms with Crippen LogP contribution in [0.25, 0.3) is 0 Å². The number of fused-ring (bicyclic) bond motifs is 4. The summed E-state index contributed by atoms with van der Waals surface area (Å²) in [5.74, 6) is 5.34. The van der Waals surface area contributed by atoms with Crippen LogP contribution < -0.4 is 9.80 Å². The summed E-state index contributed by atoms with van der Waals surface area (Å²) in [7, 11) is 6.06. The number of ether oxygens (including phenoxy) is 1. The molecule has 0 spiro atoms. The smallest absolute Gasteiger partial charge is 0.244 e. The third-order valence-electron chi connectivity index (χ3n) is 25.5. The maximum atomic E-state index is 12.2. The summed E-state index contributed by atoms with van der Waals surface area (Å²) in [6.45, 7) is 62.2. The maximum absolute atomic E-state index is 12.2. The molecular formula is C100H155N21O5. The van der Waals surface area contributed by atoms with Gasteiger partial charge in [-0.15, -0.1) is 0 Å². The predicted octanol–water partition coefficient (Wildman–Crippen LogP) is 16.8. The van der Waals surface area contributed by atoms with Crippen LogP contribution >= 0.6 is 0 Å². The first-order chi connectivity index (χ1) is 60.1. The summed E-state index contributed by atoms with van der Waals surface area (Å²) in [4.78, 5) is 83.6. The van der Waals surface area contributed by atoms with E-state index in [4.69, 9.17) is 4.74 Å². The van der Waals surface area contributed by atoms with Gasteiger partial charge in [-0.25, -0.2) is 0 Å². The van der Waals surface area contributed by atoms with Gasteiger partial charge in [0.15, 0.2) is 0 Å². The van der Waals surface area contributed by atoms with Crippen molar-refractivity contribution in [2.45, 2.75) is 314 Å². The van der Waals surface area contributed by atoms with Crippen LogP contribution in [0.2, 0.25) is 0 Å². The molecule has 16 heterocycles. The van der Waals surface area contributed by atoms with Gasteiger partial charge in [-0.2, -0.15) is 20.4 Å². The molecule has 126 heavy (non-hydrogen) atoms. The molecule has 1 atom stereocenters. The van der Waals surface area contributed by atoms with Crippen LogP contribution in [0.3, 0.4) is 0 Å². The Morgan fingerprint density at radius 2 is 0.841 bits per heavy atom.